The molecule has 1 aliphatic heterocycles. The minimum atomic E-state index is 0.0402. The predicted molar refractivity (Wildman–Crippen MR) is 58.0 cm³/mol. The van der Waals surface area contributed by atoms with Gasteiger partial charge in [0.25, 0.3) is 0 Å². The molecule has 3 heteroatoms. The number of carbonyl (C=O) groups is 1. The summed E-state index contributed by atoms with van der Waals surface area (Å²) in [6.07, 6.45) is 5.27. The van der Waals surface area contributed by atoms with Crippen LogP contribution in [0.25, 0.3) is 0 Å². The maximum absolute atomic E-state index is 11.7. The Balaban J connectivity index is 2.46. The Morgan fingerprint density at radius 2 is 2.14 bits per heavy atom. The van der Waals surface area contributed by atoms with Crippen LogP contribution in [-0.4, -0.2) is 23.5 Å². The van der Waals surface area contributed by atoms with Gasteiger partial charge in [0, 0.05) is 18.8 Å². The quantitative estimate of drug-likeness (QED) is 0.686. The molecule has 1 N–H and O–H groups in total. The van der Waals surface area contributed by atoms with E-state index in [9.17, 15) is 4.79 Å². The molecule has 0 bridgehead atoms. The van der Waals surface area contributed by atoms with Crippen molar-refractivity contribution in [3.8, 4) is 0 Å². The van der Waals surface area contributed by atoms with E-state index >= 15 is 0 Å². The lowest BCUT2D eigenvalue weighted by Crippen LogP contribution is -2.46. The summed E-state index contributed by atoms with van der Waals surface area (Å²) < 4.78 is 0. The van der Waals surface area contributed by atoms with Gasteiger partial charge in [-0.15, -0.1) is 0 Å². The van der Waals surface area contributed by atoms with E-state index in [4.69, 9.17) is 0 Å². The highest BCUT2D eigenvalue weighted by molar-refractivity contribution is 5.75. The zero-order valence-electron chi connectivity index (χ0n) is 9.34. The third-order valence-electron chi connectivity index (χ3n) is 2.55. The molecule has 80 valence electrons. The molecule has 0 aromatic carbocycles. The molecule has 1 heterocycles. The molecular formula is C11H20N2O. The molecule has 14 heavy (non-hydrogen) atoms. The van der Waals surface area contributed by atoms with Crippen LogP contribution in [0, 0.1) is 0 Å². The first-order valence-corrected chi connectivity index (χ1v) is 5.32. The fourth-order valence-electron chi connectivity index (χ4n) is 1.69. The van der Waals surface area contributed by atoms with Gasteiger partial charge in [-0.3, -0.25) is 0 Å². The van der Waals surface area contributed by atoms with Crippen molar-refractivity contribution in [1.82, 2.24) is 10.2 Å². The van der Waals surface area contributed by atoms with Crippen molar-refractivity contribution < 1.29 is 4.79 Å². The van der Waals surface area contributed by atoms with Crippen molar-refractivity contribution >= 4 is 6.03 Å². The lowest BCUT2D eigenvalue weighted by atomic mass is 10.0. The molecule has 0 radical (unpaired) electrons. The lowest BCUT2D eigenvalue weighted by Gasteiger charge is -2.32. The molecule has 3 nitrogen and oxygen atoms in total. The van der Waals surface area contributed by atoms with Crippen LogP contribution in [0.1, 0.15) is 40.0 Å². The van der Waals surface area contributed by atoms with E-state index in [0.717, 1.165) is 25.0 Å². The van der Waals surface area contributed by atoms with Crippen molar-refractivity contribution in [1.29, 1.82) is 0 Å². The van der Waals surface area contributed by atoms with E-state index in [0.29, 0.717) is 6.04 Å². The summed E-state index contributed by atoms with van der Waals surface area (Å²) in [4.78, 5) is 13.6. The van der Waals surface area contributed by atoms with Crippen molar-refractivity contribution in [2.45, 2.75) is 46.1 Å². The second-order valence-electron chi connectivity index (χ2n) is 4.21. The number of likely N-dealkylation sites (tertiary alicyclic amines) is 1. The van der Waals surface area contributed by atoms with Gasteiger partial charge in [-0.25, -0.2) is 4.79 Å². The molecule has 0 spiro atoms. The summed E-state index contributed by atoms with van der Waals surface area (Å²) in [6, 6.07) is 0.424. The van der Waals surface area contributed by atoms with E-state index in [1.807, 2.05) is 18.7 Å². The third kappa shape index (κ3) is 3.05. The summed E-state index contributed by atoms with van der Waals surface area (Å²) in [7, 11) is 0. The highest BCUT2D eigenvalue weighted by Gasteiger charge is 2.22. The number of nitrogens with one attached hydrogen (secondary N) is 1. The highest BCUT2D eigenvalue weighted by atomic mass is 16.2. The number of hydrogen-bond acceptors (Lipinski definition) is 1. The van der Waals surface area contributed by atoms with Gasteiger partial charge >= 0.3 is 6.03 Å². The second kappa shape index (κ2) is 5.03. The van der Waals surface area contributed by atoms with Gasteiger partial charge in [-0.2, -0.15) is 0 Å². The third-order valence-corrected chi connectivity index (χ3v) is 2.55. The maximum Gasteiger partial charge on any atom is 0.321 e. The molecule has 1 fully saturated rings. The SMILES string of the molecule is CC(C)=CNC(=O)N1CCCCC1C. The first-order chi connectivity index (χ1) is 6.61. The minimum Gasteiger partial charge on any atom is -0.322 e. The molecular weight excluding hydrogens is 176 g/mol. The van der Waals surface area contributed by atoms with Gasteiger partial charge in [0.15, 0.2) is 0 Å². The Labute approximate surface area is 86.2 Å². The van der Waals surface area contributed by atoms with Crippen molar-refractivity contribution in [2.75, 3.05) is 6.54 Å². The van der Waals surface area contributed by atoms with Crippen LogP contribution in [0.2, 0.25) is 0 Å². The predicted octanol–water partition coefficient (Wildman–Crippen LogP) is 2.49. The largest absolute Gasteiger partial charge is 0.322 e. The van der Waals surface area contributed by atoms with Crippen LogP contribution in [0.5, 0.6) is 0 Å². The first-order valence-electron chi connectivity index (χ1n) is 5.32. The summed E-state index contributed by atoms with van der Waals surface area (Å²) in [5.41, 5.74) is 1.11. The molecule has 0 aromatic heterocycles. The maximum atomic E-state index is 11.7. The fourth-order valence-corrected chi connectivity index (χ4v) is 1.69. The zero-order chi connectivity index (χ0) is 10.6. The normalized spacial score (nSPS) is 21.6. The van der Waals surface area contributed by atoms with E-state index in [-0.39, 0.29) is 6.03 Å². The smallest absolute Gasteiger partial charge is 0.321 e. The van der Waals surface area contributed by atoms with Crippen molar-refractivity contribution in [3.05, 3.63) is 11.8 Å². The molecule has 2 amide bonds. The Morgan fingerprint density at radius 1 is 1.43 bits per heavy atom. The molecule has 1 atom stereocenters. The highest BCUT2D eigenvalue weighted by Crippen LogP contribution is 2.15. The number of nitrogens with zero attached hydrogens (tertiary/aromatic N) is 1. The van der Waals surface area contributed by atoms with Gasteiger partial charge in [-0.05, 0) is 40.0 Å². The van der Waals surface area contributed by atoms with Crippen LogP contribution in [-0.2, 0) is 0 Å². The zero-order valence-corrected chi connectivity index (χ0v) is 9.34. The average Bonchev–Trinajstić information content (AvgIpc) is 2.15. The van der Waals surface area contributed by atoms with Crippen LogP contribution in [0.15, 0.2) is 11.8 Å². The summed E-state index contributed by atoms with van der Waals surface area (Å²) >= 11 is 0. The van der Waals surface area contributed by atoms with Gasteiger partial charge in [0.2, 0.25) is 0 Å². The molecule has 0 saturated carbocycles. The number of amides is 2. The standard InChI is InChI=1S/C11H20N2O/c1-9(2)8-12-11(14)13-7-5-4-6-10(13)3/h8,10H,4-7H2,1-3H3,(H,12,14). The Morgan fingerprint density at radius 3 is 2.71 bits per heavy atom. The molecule has 1 rings (SSSR count). The van der Waals surface area contributed by atoms with E-state index in [1.165, 1.54) is 6.42 Å². The molecule has 1 unspecified atom stereocenters. The number of hydrogen-bond donors (Lipinski definition) is 1. The number of allylic oxidation sites excluding steroid dienone is 1. The van der Waals surface area contributed by atoms with Gasteiger partial charge in [0.05, 0.1) is 0 Å². The minimum absolute atomic E-state index is 0.0402. The average molecular weight is 196 g/mol. The Hall–Kier alpha value is -0.990. The van der Waals surface area contributed by atoms with Crippen molar-refractivity contribution in [2.24, 2.45) is 0 Å². The number of piperidine rings is 1. The van der Waals surface area contributed by atoms with Gasteiger partial charge in [-0.1, -0.05) is 5.57 Å². The molecule has 0 aliphatic carbocycles. The van der Waals surface area contributed by atoms with Crippen molar-refractivity contribution in [3.63, 3.8) is 0 Å². The fraction of sp³-hybridized carbons (Fsp3) is 0.727. The van der Waals surface area contributed by atoms with Gasteiger partial charge < -0.3 is 10.2 Å². The van der Waals surface area contributed by atoms with Crippen LogP contribution in [0.4, 0.5) is 4.79 Å². The second-order valence-corrected chi connectivity index (χ2v) is 4.21. The summed E-state index contributed by atoms with van der Waals surface area (Å²) in [5.74, 6) is 0. The molecule has 1 aliphatic rings. The Kier molecular flexibility index (Phi) is 3.98. The van der Waals surface area contributed by atoms with E-state index in [1.54, 1.807) is 6.20 Å². The van der Waals surface area contributed by atoms with E-state index < -0.39 is 0 Å². The van der Waals surface area contributed by atoms with Crippen LogP contribution in [0.3, 0.4) is 0 Å². The summed E-state index contributed by atoms with van der Waals surface area (Å²) in [5, 5.41) is 2.81. The van der Waals surface area contributed by atoms with Crippen LogP contribution >= 0.6 is 0 Å². The number of urea groups is 1. The van der Waals surface area contributed by atoms with Crippen LogP contribution < -0.4 is 5.32 Å². The monoisotopic (exact) mass is 196 g/mol. The van der Waals surface area contributed by atoms with E-state index in [2.05, 4.69) is 12.2 Å². The number of carbonyl (C=O) groups excluding carboxylic acids is 1. The summed E-state index contributed by atoms with van der Waals surface area (Å²) in [6.45, 7) is 6.95. The first kappa shape index (κ1) is 11.1. The molecule has 1 saturated heterocycles. The lowest BCUT2D eigenvalue weighted by molar-refractivity contribution is 0.161. The Bertz CT molecular complexity index is 231. The topological polar surface area (TPSA) is 32.3 Å². The number of rotatable bonds is 1. The molecule has 0 aromatic rings. The van der Waals surface area contributed by atoms with Gasteiger partial charge in [0.1, 0.15) is 0 Å².